The van der Waals surface area contributed by atoms with Gasteiger partial charge in [-0.3, -0.25) is 4.79 Å². The Hall–Kier alpha value is -3.15. The zero-order chi connectivity index (χ0) is 25.3. The molecule has 2 aliphatic rings. The summed E-state index contributed by atoms with van der Waals surface area (Å²) in [7, 11) is -1.47. The second kappa shape index (κ2) is 12.4. The van der Waals surface area contributed by atoms with Gasteiger partial charge in [0.15, 0.2) is 9.84 Å². The number of carbonyl (C=O) groups excluding carboxylic acids is 1. The molecule has 0 aliphatic carbocycles. The Kier molecular flexibility index (Phi) is 9.84. The normalized spacial score (nSPS) is 19.2. The Morgan fingerprint density at radius 1 is 1.44 bits per heavy atom. The largest absolute Gasteiger partial charge is 0.377 e. The summed E-state index contributed by atoms with van der Waals surface area (Å²) >= 11 is 0. The molecule has 10 nitrogen and oxygen atoms in total. The lowest BCUT2D eigenvalue weighted by Crippen LogP contribution is -2.44. The highest BCUT2D eigenvalue weighted by molar-refractivity contribution is 7.94. The van der Waals surface area contributed by atoms with E-state index in [1.807, 2.05) is 31.1 Å². The van der Waals surface area contributed by atoms with Crippen molar-refractivity contribution in [1.29, 1.82) is 0 Å². The van der Waals surface area contributed by atoms with Crippen molar-refractivity contribution in [2.45, 2.75) is 19.9 Å². The Morgan fingerprint density at radius 3 is 2.71 bits per heavy atom. The lowest BCUT2D eigenvalue weighted by Gasteiger charge is -2.35. The molecule has 1 amide bonds. The summed E-state index contributed by atoms with van der Waals surface area (Å²) in [4.78, 5) is 15.9. The molecular formula is C23H34N6O4S. The predicted molar refractivity (Wildman–Crippen MR) is 136 cm³/mol. The fourth-order valence-electron chi connectivity index (χ4n) is 3.43. The number of morpholine rings is 1. The molecule has 4 N–H and O–H groups in total. The van der Waals surface area contributed by atoms with E-state index in [1.54, 1.807) is 24.3 Å². The van der Waals surface area contributed by atoms with Gasteiger partial charge in [-0.2, -0.15) is 0 Å². The molecule has 34 heavy (non-hydrogen) atoms. The van der Waals surface area contributed by atoms with Crippen molar-refractivity contribution < 1.29 is 17.9 Å². The van der Waals surface area contributed by atoms with Crippen LogP contribution in [0.5, 0.6) is 0 Å². The Balaban J connectivity index is 0.00000129. The molecule has 1 aromatic rings. The minimum Gasteiger partial charge on any atom is -0.377 e. The number of allylic oxidation sites excluding steroid dienone is 3. The number of hydrazine groups is 1. The second-order valence-corrected chi connectivity index (χ2v) is 9.96. The Labute approximate surface area is 201 Å². The highest BCUT2D eigenvalue weighted by Gasteiger charge is 2.23. The summed E-state index contributed by atoms with van der Waals surface area (Å²) in [6.45, 7) is 10.4. The Morgan fingerprint density at radius 2 is 2.15 bits per heavy atom. The average molecular weight is 491 g/mol. The molecule has 1 saturated heterocycles. The van der Waals surface area contributed by atoms with E-state index in [-0.39, 0.29) is 17.4 Å². The number of ether oxygens (including phenoxy) is 1. The van der Waals surface area contributed by atoms with Crippen LogP contribution in [0.1, 0.15) is 18.1 Å². The zero-order valence-corrected chi connectivity index (χ0v) is 20.9. The van der Waals surface area contributed by atoms with Gasteiger partial charge in [0.2, 0.25) is 6.41 Å². The van der Waals surface area contributed by atoms with Gasteiger partial charge in [-0.15, -0.1) is 0 Å². The maximum atomic E-state index is 12.4. The first kappa shape index (κ1) is 27.1. The molecule has 2 aliphatic heterocycles. The maximum Gasteiger partial charge on any atom is 0.204 e. The van der Waals surface area contributed by atoms with Crippen LogP contribution in [0.2, 0.25) is 0 Å². The summed E-state index contributed by atoms with van der Waals surface area (Å²) in [5, 5.41) is 5.31. The number of nitrogens with one attached hydrogen (secondary N) is 2. The van der Waals surface area contributed by atoms with E-state index < -0.39 is 9.84 Å². The monoisotopic (exact) mass is 490 g/mol. The molecular weight excluding hydrogens is 456 g/mol. The Bertz CT molecular complexity index is 1080. The van der Waals surface area contributed by atoms with Crippen LogP contribution in [0.3, 0.4) is 0 Å². The van der Waals surface area contributed by atoms with Crippen molar-refractivity contribution in [3.8, 4) is 0 Å². The van der Waals surface area contributed by atoms with Crippen molar-refractivity contribution in [3.63, 3.8) is 0 Å². The van der Waals surface area contributed by atoms with Crippen LogP contribution >= 0.6 is 0 Å². The highest BCUT2D eigenvalue weighted by atomic mass is 32.2. The quantitative estimate of drug-likeness (QED) is 0.385. The molecule has 3 heterocycles. The number of sulfone groups is 1. The smallest absolute Gasteiger partial charge is 0.204 e. The van der Waals surface area contributed by atoms with Gasteiger partial charge in [0.25, 0.3) is 0 Å². The van der Waals surface area contributed by atoms with E-state index in [4.69, 9.17) is 14.5 Å². The molecule has 1 fully saturated rings. The molecule has 0 aromatic carbocycles. The number of likely N-dealkylation sites (N-methyl/N-ethyl adjacent to an activating group) is 1. The van der Waals surface area contributed by atoms with Crippen LogP contribution in [-0.4, -0.2) is 70.5 Å². The molecule has 186 valence electrons. The SMILES string of the molecule is C=C/C=C\C(=C\c1cc(N2CCOCC2C)nc(NC2=CCN(C)N2)c1C)S(C)(=O)=O.NC=O. The molecule has 0 radical (unpaired) electrons. The average Bonchev–Trinajstić information content (AvgIpc) is 3.18. The third-order valence-electron chi connectivity index (χ3n) is 5.22. The van der Waals surface area contributed by atoms with Gasteiger partial charge in [-0.05, 0) is 49.3 Å². The number of hydrogen-bond donors (Lipinski definition) is 3. The third kappa shape index (κ3) is 7.44. The van der Waals surface area contributed by atoms with Crippen molar-refractivity contribution in [2.75, 3.05) is 49.8 Å². The highest BCUT2D eigenvalue weighted by Crippen LogP contribution is 2.29. The van der Waals surface area contributed by atoms with Crippen LogP contribution in [-0.2, 0) is 19.4 Å². The van der Waals surface area contributed by atoms with Crippen molar-refractivity contribution >= 4 is 34.0 Å². The number of nitrogens with zero attached hydrogens (tertiary/aromatic N) is 3. The number of primary amides is 1. The molecule has 1 aromatic heterocycles. The minimum absolute atomic E-state index is 0.165. The number of aromatic nitrogens is 1. The molecule has 0 bridgehead atoms. The first-order chi connectivity index (χ1) is 16.1. The van der Waals surface area contributed by atoms with E-state index in [9.17, 15) is 8.42 Å². The van der Waals surface area contributed by atoms with Gasteiger partial charge in [0.1, 0.15) is 17.5 Å². The van der Waals surface area contributed by atoms with E-state index >= 15 is 0 Å². The number of pyridine rings is 1. The van der Waals surface area contributed by atoms with Crippen molar-refractivity contribution in [2.24, 2.45) is 5.73 Å². The maximum absolute atomic E-state index is 12.4. The topological polar surface area (TPSA) is 130 Å². The molecule has 0 saturated carbocycles. The van der Waals surface area contributed by atoms with Crippen LogP contribution in [0.4, 0.5) is 11.6 Å². The summed E-state index contributed by atoms with van der Waals surface area (Å²) in [5.74, 6) is 2.30. The van der Waals surface area contributed by atoms with Gasteiger partial charge >= 0.3 is 0 Å². The number of amides is 1. The molecule has 0 spiro atoms. The van der Waals surface area contributed by atoms with E-state index in [2.05, 4.69) is 34.9 Å². The number of carbonyl (C=O) groups is 1. The molecule has 11 heteroatoms. The molecule has 1 unspecified atom stereocenters. The number of rotatable bonds is 7. The van der Waals surface area contributed by atoms with Gasteiger partial charge in [-0.25, -0.2) is 18.4 Å². The summed E-state index contributed by atoms with van der Waals surface area (Å²) in [6, 6.07) is 2.11. The van der Waals surface area contributed by atoms with Crippen LogP contribution in [0.25, 0.3) is 6.08 Å². The van der Waals surface area contributed by atoms with Crippen molar-refractivity contribution in [3.05, 3.63) is 58.8 Å². The standard InChI is InChI=1S/C22H31N5O3S.CH3NO/c1-6-7-8-19(31(5,28)29)13-18-14-21(27-11-12-30-15-16(27)2)24-22(17(18)3)23-20-9-10-26(4)25-20;2-1-3/h6-9,13-14,16,25H,1,10-12,15H2,2-5H3,(H,23,24);1H,(H2,2,3)/b8-7-,19-13-;. The lowest BCUT2D eigenvalue weighted by atomic mass is 10.1. The van der Waals surface area contributed by atoms with Gasteiger partial charge in [0, 0.05) is 26.4 Å². The van der Waals surface area contributed by atoms with Crippen molar-refractivity contribution in [1.82, 2.24) is 15.4 Å². The predicted octanol–water partition coefficient (Wildman–Crippen LogP) is 1.55. The van der Waals surface area contributed by atoms with Gasteiger partial charge in [0.05, 0.1) is 24.2 Å². The number of hydrogen-bond acceptors (Lipinski definition) is 9. The lowest BCUT2D eigenvalue weighted by molar-refractivity contribution is -0.106. The minimum atomic E-state index is -3.42. The van der Waals surface area contributed by atoms with Crippen LogP contribution < -0.4 is 21.4 Å². The zero-order valence-electron chi connectivity index (χ0n) is 20.1. The van der Waals surface area contributed by atoms with E-state index in [0.29, 0.717) is 19.0 Å². The first-order valence-electron chi connectivity index (χ1n) is 10.8. The third-order valence-corrected chi connectivity index (χ3v) is 6.33. The fraction of sp³-hybridized carbons (Fsp3) is 0.391. The number of anilines is 2. The van der Waals surface area contributed by atoms with E-state index in [0.717, 1.165) is 35.9 Å². The van der Waals surface area contributed by atoms with Gasteiger partial charge in [-0.1, -0.05) is 18.7 Å². The summed E-state index contributed by atoms with van der Waals surface area (Å²) in [5.41, 5.74) is 9.03. The summed E-state index contributed by atoms with van der Waals surface area (Å²) < 4.78 is 30.3. The van der Waals surface area contributed by atoms with Crippen LogP contribution in [0.15, 0.2) is 47.7 Å². The van der Waals surface area contributed by atoms with Crippen LogP contribution in [0, 0.1) is 6.92 Å². The fourth-order valence-corrected chi connectivity index (χ4v) is 4.09. The summed E-state index contributed by atoms with van der Waals surface area (Å²) in [6.07, 6.45) is 9.92. The molecule has 1 atom stereocenters. The van der Waals surface area contributed by atoms with E-state index in [1.165, 1.54) is 6.26 Å². The molecule has 3 rings (SSSR count). The first-order valence-corrected chi connectivity index (χ1v) is 12.7. The number of nitrogens with two attached hydrogens (primary N) is 1. The second-order valence-electron chi connectivity index (χ2n) is 7.95. The van der Waals surface area contributed by atoms with Gasteiger partial charge < -0.3 is 26.1 Å².